The number of benzene rings is 4. The molecule has 250 valence electrons. The van der Waals surface area contributed by atoms with Crippen LogP contribution in [0.15, 0.2) is 111 Å². The quantitative estimate of drug-likeness (QED) is 0.145. The second kappa shape index (κ2) is 13.8. The van der Waals surface area contributed by atoms with E-state index in [0.29, 0.717) is 41.6 Å². The van der Waals surface area contributed by atoms with Crippen LogP contribution in [0.1, 0.15) is 26.4 Å². The predicted molar refractivity (Wildman–Crippen MR) is 167 cm³/mol. The monoisotopic (exact) mass is 706 g/mol. The molecule has 0 saturated carbocycles. The second-order valence-electron chi connectivity index (χ2n) is 10.4. The third kappa shape index (κ3) is 8.77. The number of hydrogen-bond donors (Lipinski definition) is 1. The smallest absolute Gasteiger partial charge is 0.477 e. The highest BCUT2D eigenvalue weighted by molar-refractivity contribution is 8.00. The minimum Gasteiger partial charge on any atom is -0.477 e. The number of nitrogens with zero attached hydrogens (tertiary/aromatic N) is 2. The summed E-state index contributed by atoms with van der Waals surface area (Å²) < 4.78 is 87.0. The van der Waals surface area contributed by atoms with E-state index in [1.165, 1.54) is 35.2 Å². The molecule has 48 heavy (non-hydrogen) atoms. The molecule has 15 heteroatoms. The number of ether oxygens (including phenoxy) is 2. The zero-order valence-corrected chi connectivity index (χ0v) is 26.6. The maximum absolute atomic E-state index is 12.9. The molecule has 0 aliphatic heterocycles. The van der Waals surface area contributed by atoms with Crippen LogP contribution in [0.5, 0.6) is 11.5 Å². The number of carbonyl (C=O) groups is 2. The molecule has 7 nitrogen and oxygen atoms in total. The Hall–Kier alpha value is -4.76. The molecule has 5 aromatic rings. The first-order chi connectivity index (χ1) is 22.5. The summed E-state index contributed by atoms with van der Waals surface area (Å²) in [6.45, 7) is 0.0730. The van der Waals surface area contributed by atoms with Crippen LogP contribution in [0.25, 0.3) is 10.9 Å². The van der Waals surface area contributed by atoms with E-state index in [0.717, 1.165) is 35.7 Å². The van der Waals surface area contributed by atoms with E-state index in [4.69, 9.17) is 0 Å². The molecular weight excluding hydrogens is 682 g/mol. The number of carbonyl (C=O) groups excluding carboxylic acids is 1. The van der Waals surface area contributed by atoms with Gasteiger partial charge in [-0.1, -0.05) is 47.8 Å². The second-order valence-corrected chi connectivity index (χ2v) is 12.7. The molecule has 0 bridgehead atoms. The van der Waals surface area contributed by atoms with Crippen molar-refractivity contribution in [2.75, 3.05) is 14.1 Å². The van der Waals surface area contributed by atoms with Crippen LogP contribution >= 0.6 is 23.5 Å². The molecule has 0 radical (unpaired) electrons. The van der Waals surface area contributed by atoms with E-state index in [-0.39, 0.29) is 18.1 Å². The Morgan fingerprint density at radius 2 is 1.31 bits per heavy atom. The van der Waals surface area contributed by atoms with Crippen LogP contribution in [-0.2, 0) is 6.54 Å². The van der Waals surface area contributed by atoms with Crippen molar-refractivity contribution in [1.29, 1.82) is 0 Å². The Balaban J connectivity index is 1.60. The van der Waals surface area contributed by atoms with Crippen molar-refractivity contribution in [3.63, 3.8) is 0 Å². The van der Waals surface area contributed by atoms with Crippen LogP contribution in [0, 0.1) is 0 Å². The van der Waals surface area contributed by atoms with E-state index in [1.807, 2.05) is 0 Å². The van der Waals surface area contributed by atoms with Crippen LogP contribution in [-0.4, -0.2) is 53.3 Å². The zero-order valence-electron chi connectivity index (χ0n) is 24.9. The first-order valence-corrected chi connectivity index (χ1v) is 15.5. The van der Waals surface area contributed by atoms with Gasteiger partial charge in [0.1, 0.15) is 17.2 Å². The van der Waals surface area contributed by atoms with Gasteiger partial charge >= 0.3 is 18.7 Å². The number of aromatic carboxylic acids is 1. The minimum atomic E-state index is -4.91. The summed E-state index contributed by atoms with van der Waals surface area (Å²) >= 11 is 2.14. The Morgan fingerprint density at radius 1 is 0.750 bits per heavy atom. The van der Waals surface area contributed by atoms with Crippen LogP contribution in [0.2, 0.25) is 0 Å². The highest BCUT2D eigenvalue weighted by Crippen LogP contribution is 2.42. The molecule has 0 fully saturated rings. The molecule has 1 N–H and O–H groups in total. The molecule has 4 aromatic carbocycles. The van der Waals surface area contributed by atoms with Gasteiger partial charge in [0.2, 0.25) is 0 Å². The van der Waals surface area contributed by atoms with Gasteiger partial charge in [-0.2, -0.15) is 0 Å². The Morgan fingerprint density at radius 3 is 1.83 bits per heavy atom. The maximum Gasteiger partial charge on any atom is 0.573 e. The fraction of sp³-hybridized carbons (Fsp3) is 0.152. The first kappa shape index (κ1) is 34.6. The van der Waals surface area contributed by atoms with Crippen molar-refractivity contribution in [3.05, 3.63) is 108 Å². The summed E-state index contributed by atoms with van der Waals surface area (Å²) in [4.78, 5) is 27.9. The molecule has 1 aromatic heterocycles. The summed E-state index contributed by atoms with van der Waals surface area (Å²) in [5.74, 6) is -2.33. The lowest BCUT2D eigenvalue weighted by Gasteiger charge is -2.14. The van der Waals surface area contributed by atoms with E-state index < -0.39 is 30.2 Å². The summed E-state index contributed by atoms with van der Waals surface area (Å²) in [6, 6.07) is 22.0. The normalized spacial score (nSPS) is 11.8. The molecule has 0 atom stereocenters. The average molecular weight is 707 g/mol. The topological polar surface area (TPSA) is 81.0 Å². The van der Waals surface area contributed by atoms with E-state index in [1.54, 1.807) is 67.2 Å². The maximum atomic E-state index is 12.9. The summed E-state index contributed by atoms with van der Waals surface area (Å²) in [6.07, 6.45) is -9.81. The van der Waals surface area contributed by atoms with Crippen molar-refractivity contribution in [3.8, 4) is 11.5 Å². The number of carboxylic acids is 1. The number of halogens is 6. The molecule has 0 aliphatic rings. The third-order valence-electron chi connectivity index (χ3n) is 6.66. The third-order valence-corrected chi connectivity index (χ3v) is 8.67. The van der Waals surface area contributed by atoms with Crippen LogP contribution in [0.4, 0.5) is 26.3 Å². The van der Waals surface area contributed by atoms with Gasteiger partial charge in [-0.05, 0) is 72.3 Å². The number of amides is 1. The summed E-state index contributed by atoms with van der Waals surface area (Å²) in [5.41, 5.74) is 1.47. The van der Waals surface area contributed by atoms with Crippen molar-refractivity contribution in [2.24, 2.45) is 0 Å². The largest absolute Gasteiger partial charge is 0.573 e. The van der Waals surface area contributed by atoms with Gasteiger partial charge in [0, 0.05) is 51.2 Å². The van der Waals surface area contributed by atoms with Gasteiger partial charge in [-0.25, -0.2) is 4.79 Å². The standard InChI is InChI=1S/C33H24F6N2O5S2/c1-40(2)30(42)20-11-9-19(10-12-20)18-41-27-15-25(47-23-7-3-5-21(13-23)45-32(34,35)36)16-29(26(27)17-28(41)31(43)44)48-24-8-4-6-22(14-24)46-33(37,38)39/h3-17H,18H2,1-2H3,(H,43,44). The van der Waals surface area contributed by atoms with Gasteiger partial charge in [-0.3, -0.25) is 4.79 Å². The lowest BCUT2D eigenvalue weighted by molar-refractivity contribution is -0.275. The van der Waals surface area contributed by atoms with Gasteiger partial charge in [-0.15, -0.1) is 26.3 Å². The molecule has 0 aliphatic carbocycles. The highest BCUT2D eigenvalue weighted by Gasteiger charge is 2.32. The van der Waals surface area contributed by atoms with E-state index in [2.05, 4.69) is 9.47 Å². The summed E-state index contributed by atoms with van der Waals surface area (Å²) in [5, 5.41) is 10.6. The number of fused-ring (bicyclic) bond motifs is 1. The van der Waals surface area contributed by atoms with Crippen LogP contribution < -0.4 is 9.47 Å². The molecule has 1 amide bonds. The van der Waals surface area contributed by atoms with Crippen molar-refractivity contribution < 1.29 is 50.5 Å². The fourth-order valence-electron chi connectivity index (χ4n) is 4.72. The van der Waals surface area contributed by atoms with E-state index in [9.17, 15) is 41.0 Å². The first-order valence-electron chi connectivity index (χ1n) is 13.8. The zero-order chi connectivity index (χ0) is 34.8. The Kier molecular flexibility index (Phi) is 9.91. The lowest BCUT2D eigenvalue weighted by Crippen LogP contribution is -2.21. The number of rotatable bonds is 10. The van der Waals surface area contributed by atoms with Gasteiger partial charge in [0.05, 0.1) is 5.52 Å². The SMILES string of the molecule is CN(C)C(=O)c1ccc(Cn2c(C(=O)O)cc3c(Sc4cccc(OC(F)(F)F)c4)cc(Sc4cccc(OC(F)(F)F)c4)cc32)cc1. The number of aromatic nitrogens is 1. The van der Waals surface area contributed by atoms with Crippen molar-refractivity contribution in [1.82, 2.24) is 9.47 Å². The fourth-order valence-corrected chi connectivity index (χ4v) is 6.77. The average Bonchev–Trinajstić information content (AvgIpc) is 3.34. The van der Waals surface area contributed by atoms with E-state index >= 15 is 0 Å². The molecular formula is C33H24F6N2O5S2. The van der Waals surface area contributed by atoms with Crippen LogP contribution in [0.3, 0.4) is 0 Å². The Bertz CT molecular complexity index is 1970. The predicted octanol–water partition coefficient (Wildman–Crippen LogP) is 9.19. The molecule has 0 spiro atoms. The molecule has 0 saturated heterocycles. The van der Waals surface area contributed by atoms with Gasteiger partial charge in [0.15, 0.2) is 0 Å². The number of alkyl halides is 6. The molecule has 0 unspecified atom stereocenters. The molecule has 1 heterocycles. The van der Waals surface area contributed by atoms with Gasteiger partial charge < -0.3 is 24.0 Å². The van der Waals surface area contributed by atoms with Crippen molar-refractivity contribution in [2.45, 2.75) is 38.9 Å². The Labute approximate surface area is 278 Å². The minimum absolute atomic E-state index is 0.0730. The summed E-state index contributed by atoms with van der Waals surface area (Å²) in [7, 11) is 3.23. The van der Waals surface area contributed by atoms with Gasteiger partial charge in [0.25, 0.3) is 5.91 Å². The lowest BCUT2D eigenvalue weighted by atomic mass is 10.1. The number of hydrogen-bond acceptors (Lipinski definition) is 6. The number of carboxylic acid groups (broad SMARTS) is 1. The van der Waals surface area contributed by atoms with Crippen molar-refractivity contribution >= 4 is 46.3 Å². The molecule has 5 rings (SSSR count). The highest BCUT2D eigenvalue weighted by atomic mass is 32.2.